The molecule has 248 valence electrons. The predicted molar refractivity (Wildman–Crippen MR) is 185 cm³/mol. The van der Waals surface area contributed by atoms with E-state index in [-0.39, 0.29) is 30.3 Å². The van der Waals surface area contributed by atoms with Crippen molar-refractivity contribution in [3.05, 3.63) is 77.9 Å². The van der Waals surface area contributed by atoms with Crippen LogP contribution in [-0.4, -0.2) is 114 Å². The van der Waals surface area contributed by atoms with Crippen molar-refractivity contribution >= 4 is 34.3 Å². The Labute approximate surface area is 278 Å². The fourth-order valence-electron chi connectivity index (χ4n) is 8.16. The van der Waals surface area contributed by atoms with E-state index in [1.165, 1.54) is 0 Å². The lowest BCUT2D eigenvalue weighted by Gasteiger charge is -2.43. The Morgan fingerprint density at radius 3 is 2.21 bits per heavy atom. The number of rotatable bonds is 7. The fourth-order valence-corrected chi connectivity index (χ4v) is 8.16. The maximum Gasteiger partial charge on any atom is 0.322 e. The molecule has 4 heterocycles. The Bertz CT molecular complexity index is 1580. The summed E-state index contributed by atoms with van der Waals surface area (Å²) in [5.74, 6) is -0.250. The lowest BCUT2D eigenvalue weighted by molar-refractivity contribution is -0.143. The Balaban J connectivity index is 1.01. The van der Waals surface area contributed by atoms with Gasteiger partial charge in [0.05, 0.1) is 5.92 Å². The minimum Gasteiger partial charge on any atom is -0.343 e. The molecule has 4 aliphatic heterocycles. The van der Waals surface area contributed by atoms with Crippen LogP contribution in [0.3, 0.4) is 0 Å². The van der Waals surface area contributed by atoms with E-state index in [0.717, 1.165) is 92.5 Å². The highest BCUT2D eigenvalue weighted by atomic mass is 16.2. The topological polar surface area (TPSA) is 79.4 Å². The highest BCUT2D eigenvalue weighted by Crippen LogP contribution is 2.30. The van der Waals surface area contributed by atoms with E-state index in [4.69, 9.17) is 0 Å². The Kier molecular flexibility index (Phi) is 9.45. The average Bonchev–Trinajstić information content (AvgIpc) is 3.11. The molecule has 9 heteroatoms. The normalized spacial score (nSPS) is 21.0. The van der Waals surface area contributed by atoms with Gasteiger partial charge in [0.1, 0.15) is 0 Å². The largest absolute Gasteiger partial charge is 0.343 e. The quantitative estimate of drug-likeness (QED) is 0.408. The van der Waals surface area contributed by atoms with Crippen molar-refractivity contribution in [1.82, 2.24) is 24.5 Å². The van der Waals surface area contributed by atoms with Crippen molar-refractivity contribution in [2.75, 3.05) is 64.7 Å². The molecule has 0 saturated carbocycles. The van der Waals surface area contributed by atoms with Crippen molar-refractivity contribution in [3.63, 3.8) is 0 Å². The molecule has 4 amide bonds. The van der Waals surface area contributed by atoms with Crippen molar-refractivity contribution in [1.29, 1.82) is 0 Å². The molecule has 0 radical (unpaired) electrons. The molecule has 4 aliphatic rings. The second kappa shape index (κ2) is 14.0. The molecule has 0 aliphatic carbocycles. The molecule has 3 saturated heterocycles. The van der Waals surface area contributed by atoms with Crippen LogP contribution in [0, 0.1) is 5.92 Å². The number of likely N-dealkylation sites (tertiary alicyclic amines) is 2. The fraction of sp³-hybridized carbons (Fsp3) is 0.500. The number of amides is 4. The van der Waals surface area contributed by atoms with Crippen LogP contribution < -0.4 is 5.32 Å². The summed E-state index contributed by atoms with van der Waals surface area (Å²) in [6.45, 7) is 7.69. The first-order valence-corrected chi connectivity index (χ1v) is 17.5. The zero-order chi connectivity index (χ0) is 32.3. The Morgan fingerprint density at radius 1 is 0.766 bits per heavy atom. The summed E-state index contributed by atoms with van der Waals surface area (Å²) < 4.78 is 0. The minimum absolute atomic E-state index is 0.0443. The van der Waals surface area contributed by atoms with Gasteiger partial charge in [0, 0.05) is 83.1 Å². The zero-order valence-corrected chi connectivity index (χ0v) is 27.7. The van der Waals surface area contributed by atoms with E-state index in [1.807, 2.05) is 45.0 Å². The van der Waals surface area contributed by atoms with Crippen molar-refractivity contribution < 1.29 is 14.4 Å². The first-order valence-electron chi connectivity index (χ1n) is 17.5. The number of urea groups is 1. The number of piperazine rings is 1. The van der Waals surface area contributed by atoms with Crippen molar-refractivity contribution in [3.8, 4) is 0 Å². The highest BCUT2D eigenvalue weighted by molar-refractivity contribution is 5.92. The summed E-state index contributed by atoms with van der Waals surface area (Å²) in [6.07, 6.45) is 4.22. The van der Waals surface area contributed by atoms with Gasteiger partial charge in [0.2, 0.25) is 11.8 Å². The van der Waals surface area contributed by atoms with Crippen LogP contribution in [0.2, 0.25) is 0 Å². The Morgan fingerprint density at radius 2 is 1.43 bits per heavy atom. The van der Waals surface area contributed by atoms with Gasteiger partial charge < -0.3 is 24.9 Å². The van der Waals surface area contributed by atoms with Crippen LogP contribution in [0.1, 0.15) is 43.2 Å². The predicted octanol–water partition coefficient (Wildman–Crippen LogP) is 4.67. The van der Waals surface area contributed by atoms with Crippen LogP contribution in [0.5, 0.6) is 0 Å². The number of para-hydroxylation sites is 1. The van der Waals surface area contributed by atoms with Crippen LogP contribution in [0.15, 0.2) is 66.7 Å². The number of hydrogen-bond donors (Lipinski definition) is 1. The molecule has 0 spiro atoms. The van der Waals surface area contributed by atoms with E-state index in [2.05, 4.69) is 58.6 Å². The summed E-state index contributed by atoms with van der Waals surface area (Å²) in [5.41, 5.74) is 3.12. The average molecular weight is 637 g/mol. The number of benzene rings is 3. The molecular weight excluding hydrogens is 588 g/mol. The molecule has 3 aromatic carbocycles. The number of piperidine rings is 2. The molecular formula is C38H48N6O3. The second-order valence-corrected chi connectivity index (χ2v) is 14.0. The number of nitrogens with zero attached hydrogens (tertiary/aromatic N) is 5. The first-order chi connectivity index (χ1) is 22.9. The maximum absolute atomic E-state index is 14.3. The molecule has 0 aromatic heterocycles. The van der Waals surface area contributed by atoms with E-state index >= 15 is 0 Å². The molecule has 1 unspecified atom stereocenters. The van der Waals surface area contributed by atoms with Gasteiger partial charge in [-0.25, -0.2) is 4.79 Å². The number of likely N-dealkylation sites (N-methyl/N-ethyl adjacent to an activating group) is 1. The summed E-state index contributed by atoms with van der Waals surface area (Å²) in [4.78, 5) is 52.0. The third kappa shape index (κ3) is 7.02. The van der Waals surface area contributed by atoms with E-state index in [0.29, 0.717) is 32.1 Å². The van der Waals surface area contributed by atoms with Gasteiger partial charge in [0.15, 0.2) is 0 Å². The maximum atomic E-state index is 14.3. The summed E-state index contributed by atoms with van der Waals surface area (Å²) in [6, 6.07) is 23.1. The van der Waals surface area contributed by atoms with Gasteiger partial charge in [-0.2, -0.15) is 0 Å². The van der Waals surface area contributed by atoms with Gasteiger partial charge in [-0.15, -0.1) is 0 Å². The molecule has 3 aromatic rings. The molecule has 7 rings (SSSR count). The highest BCUT2D eigenvalue weighted by Gasteiger charge is 2.36. The summed E-state index contributed by atoms with van der Waals surface area (Å²) in [5, 5.41) is 5.33. The van der Waals surface area contributed by atoms with Crippen LogP contribution >= 0.6 is 0 Å². The number of carbonyl (C=O) groups is 3. The molecule has 1 N–H and O–H groups in total. The smallest absolute Gasteiger partial charge is 0.322 e. The van der Waals surface area contributed by atoms with Gasteiger partial charge in [-0.05, 0) is 67.1 Å². The molecule has 0 bridgehead atoms. The summed E-state index contributed by atoms with van der Waals surface area (Å²) in [7, 11) is 2.19. The number of fused-ring (bicyclic) bond motifs is 2. The lowest BCUT2D eigenvalue weighted by atomic mass is 9.90. The molecule has 9 nitrogen and oxygen atoms in total. The molecule has 1 atom stereocenters. The van der Waals surface area contributed by atoms with Crippen LogP contribution in [0.25, 0.3) is 10.8 Å². The first kappa shape index (κ1) is 31.6. The number of carbonyl (C=O) groups excluding carboxylic acids is 3. The van der Waals surface area contributed by atoms with Crippen molar-refractivity contribution in [2.24, 2.45) is 5.92 Å². The minimum atomic E-state index is -0.407. The van der Waals surface area contributed by atoms with Crippen LogP contribution in [-0.2, 0) is 22.6 Å². The van der Waals surface area contributed by atoms with Gasteiger partial charge in [-0.3, -0.25) is 14.5 Å². The monoisotopic (exact) mass is 636 g/mol. The number of hydrogen-bond acceptors (Lipinski definition) is 5. The standard InChI is InChI=1S/C38H48N6O3/c1-40-21-23-41(24-22-40)32-13-19-43(20-14-32)37(46)31(25-29-10-6-9-28-7-2-4-11-34(28)29)26-36(45)42-17-15-33(16-18-42)44-27-30-8-3-5-12-35(30)39-38(44)47/h2-12,31-33H,13-27H2,1H3,(H,39,47). The SMILES string of the molecule is CN1CCN(C2CCN(C(=O)C(CC(=O)N3CCC(N4Cc5ccccc5NC4=O)CC3)Cc3cccc4ccccc34)CC2)CC1. The number of anilines is 1. The van der Waals surface area contributed by atoms with Crippen LogP contribution in [0.4, 0.5) is 10.5 Å². The second-order valence-electron chi connectivity index (χ2n) is 14.0. The number of nitrogens with one attached hydrogen (secondary N) is 1. The Hall–Kier alpha value is -3.95. The summed E-state index contributed by atoms with van der Waals surface area (Å²) >= 11 is 0. The van der Waals surface area contributed by atoms with Gasteiger partial charge in [-0.1, -0.05) is 60.7 Å². The third-order valence-electron chi connectivity index (χ3n) is 11.1. The zero-order valence-electron chi connectivity index (χ0n) is 27.7. The van der Waals surface area contributed by atoms with E-state index in [9.17, 15) is 14.4 Å². The molecule has 3 fully saturated rings. The van der Waals surface area contributed by atoms with Crippen molar-refractivity contribution in [2.45, 2.75) is 57.2 Å². The molecule has 47 heavy (non-hydrogen) atoms. The third-order valence-corrected chi connectivity index (χ3v) is 11.1. The van der Waals surface area contributed by atoms with Gasteiger partial charge in [0.25, 0.3) is 0 Å². The lowest BCUT2D eigenvalue weighted by Crippen LogP contribution is -2.54. The van der Waals surface area contributed by atoms with Gasteiger partial charge >= 0.3 is 6.03 Å². The van der Waals surface area contributed by atoms with E-state index in [1.54, 1.807) is 0 Å². The van der Waals surface area contributed by atoms with E-state index < -0.39 is 5.92 Å².